The molecule has 1 N–H and O–H groups in total. The third-order valence-corrected chi connectivity index (χ3v) is 3.78. The molecular formula is C14H17N3O3. The van der Waals surface area contributed by atoms with Crippen LogP contribution in [0.1, 0.15) is 54.2 Å². The van der Waals surface area contributed by atoms with E-state index in [0.29, 0.717) is 17.3 Å². The molecule has 6 heteroatoms. The summed E-state index contributed by atoms with van der Waals surface area (Å²) in [7, 11) is 0. The highest BCUT2D eigenvalue weighted by Crippen LogP contribution is 2.36. The topological polar surface area (TPSA) is 81.2 Å². The fourth-order valence-corrected chi connectivity index (χ4v) is 2.72. The maximum Gasteiger partial charge on any atom is 0.255 e. The monoisotopic (exact) mass is 275 g/mol. The largest absolute Gasteiger partial charge is 0.472 e. The number of hydrogen-bond acceptors (Lipinski definition) is 5. The van der Waals surface area contributed by atoms with Crippen LogP contribution in [-0.4, -0.2) is 16.0 Å². The van der Waals surface area contributed by atoms with E-state index in [1.807, 2.05) is 0 Å². The number of amides is 1. The molecule has 1 aliphatic rings. The van der Waals surface area contributed by atoms with Crippen molar-refractivity contribution in [2.45, 2.75) is 44.6 Å². The molecule has 1 saturated carbocycles. The second-order valence-corrected chi connectivity index (χ2v) is 5.26. The van der Waals surface area contributed by atoms with E-state index in [2.05, 4.69) is 15.5 Å². The first-order chi connectivity index (χ1) is 9.70. The lowest BCUT2D eigenvalue weighted by molar-refractivity contribution is 0.0824. The molecule has 0 bridgehead atoms. The predicted molar refractivity (Wildman–Crippen MR) is 70.0 cm³/mol. The summed E-state index contributed by atoms with van der Waals surface area (Å²) in [5, 5.41) is 6.92. The van der Waals surface area contributed by atoms with Crippen LogP contribution in [0.3, 0.4) is 0 Å². The van der Waals surface area contributed by atoms with Crippen molar-refractivity contribution >= 4 is 5.91 Å². The van der Waals surface area contributed by atoms with Crippen LogP contribution in [-0.2, 0) is 5.54 Å². The van der Waals surface area contributed by atoms with Crippen LogP contribution in [0.25, 0.3) is 0 Å². The van der Waals surface area contributed by atoms with Crippen molar-refractivity contribution in [2.24, 2.45) is 0 Å². The Morgan fingerprint density at radius 2 is 2.15 bits per heavy atom. The van der Waals surface area contributed by atoms with E-state index in [1.165, 1.54) is 12.5 Å². The Hall–Kier alpha value is -2.11. The minimum atomic E-state index is -0.548. The van der Waals surface area contributed by atoms with Gasteiger partial charge in [-0.05, 0) is 25.8 Å². The molecule has 1 aliphatic carbocycles. The number of aryl methyl sites for hydroxylation is 1. The van der Waals surface area contributed by atoms with Gasteiger partial charge >= 0.3 is 0 Å². The highest BCUT2D eigenvalue weighted by molar-refractivity contribution is 5.94. The minimum Gasteiger partial charge on any atom is -0.472 e. The van der Waals surface area contributed by atoms with Crippen molar-refractivity contribution in [3.63, 3.8) is 0 Å². The van der Waals surface area contributed by atoms with Crippen molar-refractivity contribution in [2.75, 3.05) is 0 Å². The third kappa shape index (κ3) is 2.33. The number of carbonyl (C=O) groups is 1. The fraction of sp³-hybridized carbons (Fsp3) is 0.500. The fourth-order valence-electron chi connectivity index (χ4n) is 2.72. The van der Waals surface area contributed by atoms with Crippen molar-refractivity contribution in [1.82, 2.24) is 15.5 Å². The molecule has 6 nitrogen and oxygen atoms in total. The maximum atomic E-state index is 12.3. The van der Waals surface area contributed by atoms with Crippen molar-refractivity contribution < 1.29 is 13.7 Å². The molecule has 0 aromatic carbocycles. The normalized spacial score (nSPS) is 17.9. The summed E-state index contributed by atoms with van der Waals surface area (Å²) in [6.07, 6.45) is 7.79. The van der Waals surface area contributed by atoms with E-state index in [0.717, 1.165) is 32.1 Å². The summed E-state index contributed by atoms with van der Waals surface area (Å²) in [5.74, 6) is 0.922. The van der Waals surface area contributed by atoms with E-state index in [9.17, 15) is 4.79 Å². The molecule has 0 radical (unpaired) electrons. The van der Waals surface area contributed by atoms with Gasteiger partial charge in [0.25, 0.3) is 11.8 Å². The summed E-state index contributed by atoms with van der Waals surface area (Å²) in [6.45, 7) is 1.78. The average molecular weight is 275 g/mol. The zero-order valence-electron chi connectivity index (χ0n) is 11.4. The van der Waals surface area contributed by atoms with Crippen LogP contribution >= 0.6 is 0 Å². The molecule has 0 aliphatic heterocycles. The number of furan rings is 1. The van der Waals surface area contributed by atoms with Gasteiger partial charge in [-0.2, -0.15) is 4.98 Å². The van der Waals surface area contributed by atoms with Gasteiger partial charge in [-0.3, -0.25) is 4.79 Å². The number of nitrogens with zero attached hydrogens (tertiary/aromatic N) is 2. The van der Waals surface area contributed by atoms with Crippen LogP contribution in [0.5, 0.6) is 0 Å². The molecule has 0 saturated heterocycles. The highest BCUT2D eigenvalue weighted by Gasteiger charge is 2.40. The zero-order chi connectivity index (χ0) is 14.0. The third-order valence-electron chi connectivity index (χ3n) is 3.78. The standard InChI is InChI=1S/C14H17N3O3/c1-10-15-13(20-17-10)14(6-3-2-4-7-14)16-12(18)11-5-8-19-9-11/h5,8-9H,2-4,6-7H2,1H3,(H,16,18). The molecular weight excluding hydrogens is 258 g/mol. The van der Waals surface area contributed by atoms with Gasteiger partial charge in [0, 0.05) is 0 Å². The molecule has 106 valence electrons. The summed E-state index contributed by atoms with van der Waals surface area (Å²) in [4.78, 5) is 16.6. The smallest absolute Gasteiger partial charge is 0.255 e. The van der Waals surface area contributed by atoms with Gasteiger partial charge in [0.1, 0.15) is 11.8 Å². The lowest BCUT2D eigenvalue weighted by atomic mass is 9.81. The second kappa shape index (κ2) is 5.11. The molecule has 20 heavy (non-hydrogen) atoms. The van der Waals surface area contributed by atoms with E-state index in [4.69, 9.17) is 8.94 Å². The summed E-state index contributed by atoms with van der Waals surface area (Å²) in [6, 6.07) is 1.64. The first-order valence-electron chi connectivity index (χ1n) is 6.85. The van der Waals surface area contributed by atoms with Gasteiger partial charge in [0.15, 0.2) is 5.82 Å². The van der Waals surface area contributed by atoms with E-state index in [1.54, 1.807) is 13.0 Å². The Labute approximate surface area is 116 Å². The van der Waals surface area contributed by atoms with Crippen molar-refractivity contribution in [3.05, 3.63) is 35.9 Å². The highest BCUT2D eigenvalue weighted by atomic mass is 16.5. The van der Waals surface area contributed by atoms with Crippen LogP contribution in [0.4, 0.5) is 0 Å². The number of aromatic nitrogens is 2. The molecule has 0 spiro atoms. The Balaban J connectivity index is 1.88. The van der Waals surface area contributed by atoms with Gasteiger partial charge in [0.05, 0.1) is 11.8 Å². The quantitative estimate of drug-likeness (QED) is 0.931. The molecule has 0 atom stereocenters. The SMILES string of the molecule is Cc1noc(C2(NC(=O)c3ccoc3)CCCCC2)n1. The molecule has 0 unspecified atom stereocenters. The summed E-state index contributed by atoms with van der Waals surface area (Å²) in [5.41, 5.74) is -0.0420. The zero-order valence-corrected chi connectivity index (χ0v) is 11.4. The molecule has 1 fully saturated rings. The Morgan fingerprint density at radius 3 is 2.75 bits per heavy atom. The summed E-state index contributed by atoms with van der Waals surface area (Å²) >= 11 is 0. The Kier molecular flexibility index (Phi) is 3.30. The second-order valence-electron chi connectivity index (χ2n) is 5.26. The molecule has 3 rings (SSSR count). The Morgan fingerprint density at radius 1 is 1.35 bits per heavy atom. The van der Waals surface area contributed by atoms with Crippen molar-refractivity contribution in [1.29, 1.82) is 0 Å². The van der Waals surface area contributed by atoms with E-state index in [-0.39, 0.29) is 5.91 Å². The number of nitrogens with one attached hydrogen (secondary N) is 1. The van der Waals surface area contributed by atoms with Crippen LogP contribution < -0.4 is 5.32 Å². The molecule has 1 amide bonds. The average Bonchev–Trinajstić information content (AvgIpc) is 3.10. The van der Waals surface area contributed by atoms with Crippen LogP contribution in [0.15, 0.2) is 27.5 Å². The van der Waals surface area contributed by atoms with Crippen LogP contribution in [0, 0.1) is 6.92 Å². The number of carbonyl (C=O) groups excluding carboxylic acids is 1. The minimum absolute atomic E-state index is 0.170. The maximum absolute atomic E-state index is 12.3. The predicted octanol–water partition coefficient (Wildman–Crippen LogP) is 2.56. The lowest BCUT2D eigenvalue weighted by Crippen LogP contribution is -2.47. The first-order valence-corrected chi connectivity index (χ1v) is 6.85. The van der Waals surface area contributed by atoms with E-state index >= 15 is 0 Å². The first kappa shape index (κ1) is 12.9. The van der Waals surface area contributed by atoms with Gasteiger partial charge in [0.2, 0.25) is 0 Å². The van der Waals surface area contributed by atoms with E-state index < -0.39 is 5.54 Å². The molecule has 2 aromatic heterocycles. The van der Waals surface area contributed by atoms with Gasteiger partial charge in [-0.1, -0.05) is 24.4 Å². The lowest BCUT2D eigenvalue weighted by Gasteiger charge is -2.34. The van der Waals surface area contributed by atoms with Crippen molar-refractivity contribution in [3.8, 4) is 0 Å². The van der Waals surface area contributed by atoms with Gasteiger partial charge in [-0.15, -0.1) is 0 Å². The number of rotatable bonds is 3. The molecule has 2 aromatic rings. The summed E-state index contributed by atoms with van der Waals surface area (Å²) < 4.78 is 10.3. The Bertz CT molecular complexity index is 583. The number of hydrogen-bond donors (Lipinski definition) is 1. The van der Waals surface area contributed by atoms with Crippen LogP contribution in [0.2, 0.25) is 0 Å². The van der Waals surface area contributed by atoms with Gasteiger partial charge < -0.3 is 14.3 Å². The molecule has 2 heterocycles. The van der Waals surface area contributed by atoms with Gasteiger partial charge in [-0.25, -0.2) is 0 Å².